The van der Waals surface area contributed by atoms with Crippen LogP contribution in [-0.2, 0) is 4.79 Å². The molecule has 0 aliphatic heterocycles. The Morgan fingerprint density at radius 3 is 2.56 bits per heavy atom. The second-order valence-electron chi connectivity index (χ2n) is 3.86. The third kappa shape index (κ3) is 3.57. The van der Waals surface area contributed by atoms with Crippen LogP contribution in [0.15, 0.2) is 30.3 Å². The van der Waals surface area contributed by atoms with Gasteiger partial charge in [-0.1, -0.05) is 25.1 Å². The summed E-state index contributed by atoms with van der Waals surface area (Å²) in [5.74, 6) is 0.742. The number of hydrogen-bond donors (Lipinski definition) is 0. The first-order valence-electron chi connectivity index (χ1n) is 5.58. The Morgan fingerprint density at radius 2 is 2.00 bits per heavy atom. The van der Waals surface area contributed by atoms with Gasteiger partial charge in [0.15, 0.2) is 6.61 Å². The first-order valence-corrected chi connectivity index (χ1v) is 5.58. The summed E-state index contributed by atoms with van der Waals surface area (Å²) in [6.45, 7) is 4.19. The van der Waals surface area contributed by atoms with Crippen molar-refractivity contribution in [2.75, 3.05) is 13.7 Å². The van der Waals surface area contributed by atoms with Crippen LogP contribution in [0.1, 0.15) is 20.3 Å². The molecule has 0 aliphatic carbocycles. The Balaban J connectivity index is 2.41. The molecule has 0 bridgehead atoms. The van der Waals surface area contributed by atoms with Crippen LogP contribution in [-0.4, -0.2) is 30.5 Å². The molecule has 1 aromatic rings. The lowest BCUT2D eigenvalue weighted by Crippen LogP contribution is -2.37. The standard InChI is InChI=1S/C13H19NO2/c1-4-11(2)14(3)13(15)10-16-12-8-6-5-7-9-12/h5-9,11H,4,10H2,1-3H3. The minimum absolute atomic E-state index is 0.0122. The molecule has 0 saturated heterocycles. The molecule has 0 N–H and O–H groups in total. The molecule has 0 heterocycles. The van der Waals surface area contributed by atoms with Crippen LogP contribution >= 0.6 is 0 Å². The van der Waals surface area contributed by atoms with Crippen molar-refractivity contribution in [2.24, 2.45) is 0 Å². The van der Waals surface area contributed by atoms with E-state index in [4.69, 9.17) is 4.74 Å². The molecule has 3 heteroatoms. The number of nitrogens with zero attached hydrogens (tertiary/aromatic N) is 1. The molecule has 0 spiro atoms. The zero-order valence-electron chi connectivity index (χ0n) is 10.1. The SMILES string of the molecule is CCC(C)N(C)C(=O)COc1ccccc1. The van der Waals surface area contributed by atoms with E-state index < -0.39 is 0 Å². The van der Waals surface area contributed by atoms with Crippen molar-refractivity contribution >= 4 is 5.91 Å². The summed E-state index contributed by atoms with van der Waals surface area (Å²) in [4.78, 5) is 13.4. The maximum Gasteiger partial charge on any atom is 0.260 e. The lowest BCUT2D eigenvalue weighted by molar-refractivity contribution is -0.133. The Kier molecular flexibility index (Phi) is 4.83. The molecule has 88 valence electrons. The first-order chi connectivity index (χ1) is 7.65. The number of amides is 1. The molecule has 1 atom stereocenters. The van der Waals surface area contributed by atoms with Gasteiger partial charge in [0.05, 0.1) is 0 Å². The van der Waals surface area contributed by atoms with Crippen molar-refractivity contribution in [3.8, 4) is 5.75 Å². The van der Waals surface area contributed by atoms with Crippen molar-refractivity contribution in [2.45, 2.75) is 26.3 Å². The Morgan fingerprint density at radius 1 is 1.38 bits per heavy atom. The van der Waals surface area contributed by atoms with E-state index in [0.717, 1.165) is 12.2 Å². The molecule has 3 nitrogen and oxygen atoms in total. The van der Waals surface area contributed by atoms with Crippen molar-refractivity contribution in [1.82, 2.24) is 4.90 Å². The highest BCUT2D eigenvalue weighted by Crippen LogP contribution is 2.09. The van der Waals surface area contributed by atoms with Crippen molar-refractivity contribution < 1.29 is 9.53 Å². The number of hydrogen-bond acceptors (Lipinski definition) is 2. The van der Waals surface area contributed by atoms with Gasteiger partial charge in [-0.05, 0) is 25.5 Å². The average molecular weight is 221 g/mol. The van der Waals surface area contributed by atoms with Crippen molar-refractivity contribution in [3.05, 3.63) is 30.3 Å². The molecule has 0 saturated carbocycles. The summed E-state index contributed by atoms with van der Waals surface area (Å²) >= 11 is 0. The molecule has 1 unspecified atom stereocenters. The largest absolute Gasteiger partial charge is 0.484 e. The molecule has 16 heavy (non-hydrogen) atoms. The van der Waals surface area contributed by atoms with Gasteiger partial charge in [0, 0.05) is 13.1 Å². The molecule has 1 amide bonds. The highest BCUT2D eigenvalue weighted by molar-refractivity contribution is 5.77. The smallest absolute Gasteiger partial charge is 0.260 e. The summed E-state index contributed by atoms with van der Waals surface area (Å²) in [6, 6.07) is 9.63. The van der Waals surface area contributed by atoms with Gasteiger partial charge in [0.25, 0.3) is 5.91 Å². The van der Waals surface area contributed by atoms with Crippen LogP contribution in [0.3, 0.4) is 0 Å². The summed E-state index contributed by atoms with van der Waals surface area (Å²) in [5, 5.41) is 0. The Hall–Kier alpha value is -1.51. The number of benzene rings is 1. The van der Waals surface area contributed by atoms with Crippen LogP contribution in [0.4, 0.5) is 0 Å². The second-order valence-corrected chi connectivity index (χ2v) is 3.86. The fraction of sp³-hybridized carbons (Fsp3) is 0.462. The highest BCUT2D eigenvalue weighted by atomic mass is 16.5. The van der Waals surface area contributed by atoms with Crippen LogP contribution < -0.4 is 4.74 Å². The van der Waals surface area contributed by atoms with E-state index in [9.17, 15) is 4.79 Å². The van der Waals surface area contributed by atoms with Gasteiger partial charge < -0.3 is 9.64 Å². The lowest BCUT2D eigenvalue weighted by Gasteiger charge is -2.23. The molecule has 0 aliphatic rings. The van der Waals surface area contributed by atoms with Crippen molar-refractivity contribution in [1.29, 1.82) is 0 Å². The molecular weight excluding hydrogens is 202 g/mol. The maximum atomic E-state index is 11.7. The average Bonchev–Trinajstić information content (AvgIpc) is 2.35. The monoisotopic (exact) mass is 221 g/mol. The molecule has 1 rings (SSSR count). The predicted octanol–water partition coefficient (Wildman–Crippen LogP) is 2.32. The molecule has 1 aromatic carbocycles. The van der Waals surface area contributed by atoms with Gasteiger partial charge in [0.2, 0.25) is 0 Å². The zero-order chi connectivity index (χ0) is 12.0. The van der Waals surface area contributed by atoms with Crippen LogP contribution in [0, 0.1) is 0 Å². The van der Waals surface area contributed by atoms with Crippen LogP contribution in [0.2, 0.25) is 0 Å². The summed E-state index contributed by atoms with van der Waals surface area (Å²) in [7, 11) is 1.81. The lowest BCUT2D eigenvalue weighted by atomic mass is 10.2. The third-order valence-electron chi connectivity index (χ3n) is 2.75. The number of carbonyl (C=O) groups excluding carboxylic acids is 1. The number of para-hydroxylation sites is 1. The maximum absolute atomic E-state index is 11.7. The van der Waals surface area contributed by atoms with E-state index in [2.05, 4.69) is 6.92 Å². The Bertz CT molecular complexity index is 324. The van der Waals surface area contributed by atoms with Gasteiger partial charge in [-0.15, -0.1) is 0 Å². The number of carbonyl (C=O) groups is 1. The number of likely N-dealkylation sites (N-methyl/N-ethyl adjacent to an activating group) is 1. The zero-order valence-corrected chi connectivity index (χ0v) is 10.1. The minimum Gasteiger partial charge on any atom is -0.484 e. The molecular formula is C13H19NO2. The molecule has 0 fully saturated rings. The second kappa shape index (κ2) is 6.16. The summed E-state index contributed by atoms with van der Waals surface area (Å²) < 4.78 is 5.39. The number of ether oxygens (including phenoxy) is 1. The summed E-state index contributed by atoms with van der Waals surface area (Å²) in [6.07, 6.45) is 0.952. The third-order valence-corrected chi connectivity index (χ3v) is 2.75. The van der Waals surface area contributed by atoms with Gasteiger partial charge in [-0.2, -0.15) is 0 Å². The topological polar surface area (TPSA) is 29.5 Å². The van der Waals surface area contributed by atoms with E-state index in [1.54, 1.807) is 4.90 Å². The highest BCUT2D eigenvalue weighted by Gasteiger charge is 2.14. The van der Waals surface area contributed by atoms with E-state index in [-0.39, 0.29) is 18.6 Å². The van der Waals surface area contributed by atoms with Crippen LogP contribution in [0.5, 0.6) is 5.75 Å². The van der Waals surface area contributed by atoms with Gasteiger partial charge in [-0.3, -0.25) is 4.79 Å². The predicted molar refractivity (Wildman–Crippen MR) is 64.5 cm³/mol. The van der Waals surface area contributed by atoms with E-state index in [1.807, 2.05) is 44.3 Å². The fourth-order valence-corrected chi connectivity index (χ4v) is 1.28. The molecule has 0 radical (unpaired) electrons. The first kappa shape index (κ1) is 12.6. The van der Waals surface area contributed by atoms with Gasteiger partial charge >= 0.3 is 0 Å². The number of rotatable bonds is 5. The minimum atomic E-state index is 0.0122. The van der Waals surface area contributed by atoms with E-state index >= 15 is 0 Å². The fourth-order valence-electron chi connectivity index (χ4n) is 1.28. The Labute approximate surface area is 97.0 Å². The van der Waals surface area contributed by atoms with E-state index in [0.29, 0.717) is 0 Å². The quantitative estimate of drug-likeness (QED) is 0.763. The van der Waals surface area contributed by atoms with E-state index in [1.165, 1.54) is 0 Å². The normalized spacial score (nSPS) is 11.9. The molecule has 0 aromatic heterocycles. The van der Waals surface area contributed by atoms with Crippen molar-refractivity contribution in [3.63, 3.8) is 0 Å². The summed E-state index contributed by atoms with van der Waals surface area (Å²) in [5.41, 5.74) is 0. The van der Waals surface area contributed by atoms with Gasteiger partial charge in [0.1, 0.15) is 5.75 Å². The van der Waals surface area contributed by atoms with Gasteiger partial charge in [-0.25, -0.2) is 0 Å². The van der Waals surface area contributed by atoms with Crippen LogP contribution in [0.25, 0.3) is 0 Å².